The zero-order chi connectivity index (χ0) is 15.0. The first kappa shape index (κ1) is 17.0. The molecule has 4 heteroatoms. The summed E-state index contributed by atoms with van der Waals surface area (Å²) >= 11 is 0. The summed E-state index contributed by atoms with van der Waals surface area (Å²) in [6.07, 6.45) is 2.72. The predicted molar refractivity (Wildman–Crippen MR) is 82.6 cm³/mol. The molecule has 1 aromatic carbocycles. The Balaban J connectivity index is 3.17. The number of hydrogen-bond donors (Lipinski definition) is 2. The highest BCUT2D eigenvalue weighted by atomic mass is 16.5. The molecule has 0 spiro atoms. The molecule has 0 aliphatic carbocycles. The molecule has 0 saturated carbocycles. The predicted octanol–water partition coefficient (Wildman–Crippen LogP) is 3.19. The van der Waals surface area contributed by atoms with E-state index in [2.05, 4.69) is 32.3 Å². The Kier molecular flexibility index (Phi) is 6.99. The van der Waals surface area contributed by atoms with Crippen LogP contribution in [-0.4, -0.2) is 19.3 Å². The molecule has 3 N–H and O–H groups in total. The van der Waals surface area contributed by atoms with E-state index in [1.807, 2.05) is 18.2 Å². The molecule has 1 aromatic rings. The Morgan fingerprint density at radius 1 is 1.20 bits per heavy atom. The van der Waals surface area contributed by atoms with Crippen LogP contribution in [0.3, 0.4) is 0 Å². The summed E-state index contributed by atoms with van der Waals surface area (Å²) in [5.74, 6) is 6.71. The molecule has 20 heavy (non-hydrogen) atoms. The second kappa shape index (κ2) is 8.25. The zero-order valence-corrected chi connectivity index (χ0v) is 13.1. The molecule has 1 unspecified atom stereocenters. The fourth-order valence-corrected chi connectivity index (χ4v) is 2.65. The van der Waals surface area contributed by atoms with Gasteiger partial charge in [-0.1, -0.05) is 39.0 Å². The van der Waals surface area contributed by atoms with Gasteiger partial charge in [0.15, 0.2) is 0 Å². The summed E-state index contributed by atoms with van der Waals surface area (Å²) in [6, 6.07) is 7.92. The molecular weight excluding hydrogens is 252 g/mol. The Morgan fingerprint density at radius 3 is 2.35 bits per heavy atom. The number of nitrogens with two attached hydrogens (primary N) is 1. The fraction of sp³-hybridized carbons (Fsp3) is 0.625. The van der Waals surface area contributed by atoms with Crippen molar-refractivity contribution in [3.63, 3.8) is 0 Å². The number of benzene rings is 1. The normalized spacial score (nSPS) is 13.2. The van der Waals surface area contributed by atoms with Crippen LogP contribution in [0.2, 0.25) is 0 Å². The minimum atomic E-state index is -0.333. The standard InChI is InChI=1S/C16H28N2O2/c1-5-12-20-14-11-9-8-10-13(14)15(18-17)16(6-2,7-3)19-4/h8-11,15,18H,5-7,12,17H2,1-4H3. The maximum atomic E-state index is 5.85. The Bertz CT molecular complexity index is 384. The fourth-order valence-electron chi connectivity index (χ4n) is 2.65. The summed E-state index contributed by atoms with van der Waals surface area (Å²) in [6.45, 7) is 7.03. The molecule has 0 aliphatic heterocycles. The van der Waals surface area contributed by atoms with Crippen LogP contribution < -0.4 is 16.0 Å². The lowest BCUT2D eigenvalue weighted by Gasteiger charge is -2.38. The van der Waals surface area contributed by atoms with Crippen molar-refractivity contribution in [1.29, 1.82) is 0 Å². The topological polar surface area (TPSA) is 56.5 Å². The van der Waals surface area contributed by atoms with E-state index >= 15 is 0 Å². The molecule has 1 rings (SSSR count). The molecule has 0 aromatic heterocycles. The lowest BCUT2D eigenvalue weighted by molar-refractivity contribution is -0.0492. The third kappa shape index (κ3) is 3.51. The smallest absolute Gasteiger partial charge is 0.124 e. The van der Waals surface area contributed by atoms with E-state index in [0.29, 0.717) is 6.61 Å². The minimum Gasteiger partial charge on any atom is -0.493 e. The van der Waals surface area contributed by atoms with Crippen LogP contribution in [0.25, 0.3) is 0 Å². The summed E-state index contributed by atoms with van der Waals surface area (Å²) in [7, 11) is 1.74. The summed E-state index contributed by atoms with van der Waals surface area (Å²) in [4.78, 5) is 0. The summed E-state index contributed by atoms with van der Waals surface area (Å²) in [5, 5.41) is 0. The highest BCUT2D eigenvalue weighted by Gasteiger charge is 2.37. The van der Waals surface area contributed by atoms with Gasteiger partial charge >= 0.3 is 0 Å². The monoisotopic (exact) mass is 280 g/mol. The number of methoxy groups -OCH3 is 1. The molecular formula is C16H28N2O2. The Hall–Kier alpha value is -1.10. The maximum Gasteiger partial charge on any atom is 0.124 e. The molecule has 0 radical (unpaired) electrons. The van der Waals surface area contributed by atoms with E-state index in [9.17, 15) is 0 Å². The Labute approximate surface area is 122 Å². The van der Waals surface area contributed by atoms with Gasteiger partial charge in [-0.3, -0.25) is 5.84 Å². The highest BCUT2D eigenvalue weighted by molar-refractivity contribution is 5.37. The highest BCUT2D eigenvalue weighted by Crippen LogP contribution is 2.38. The number of rotatable bonds is 9. The molecule has 0 amide bonds. The van der Waals surface area contributed by atoms with Crippen LogP contribution in [0.1, 0.15) is 51.6 Å². The molecule has 0 aliphatic rings. The molecule has 0 bridgehead atoms. The van der Waals surface area contributed by atoms with Crippen molar-refractivity contribution in [2.75, 3.05) is 13.7 Å². The van der Waals surface area contributed by atoms with Crippen molar-refractivity contribution in [1.82, 2.24) is 5.43 Å². The Morgan fingerprint density at radius 2 is 1.85 bits per heavy atom. The van der Waals surface area contributed by atoms with Crippen LogP contribution in [0.5, 0.6) is 5.75 Å². The van der Waals surface area contributed by atoms with Gasteiger partial charge < -0.3 is 9.47 Å². The van der Waals surface area contributed by atoms with Crippen molar-refractivity contribution in [3.8, 4) is 5.75 Å². The third-order valence-electron chi connectivity index (χ3n) is 3.99. The van der Waals surface area contributed by atoms with Crippen molar-refractivity contribution < 1.29 is 9.47 Å². The van der Waals surface area contributed by atoms with Gasteiger partial charge in [-0.2, -0.15) is 0 Å². The van der Waals surface area contributed by atoms with Crippen LogP contribution in [0.15, 0.2) is 24.3 Å². The van der Waals surface area contributed by atoms with Gasteiger partial charge in [-0.15, -0.1) is 0 Å². The second-order valence-electron chi connectivity index (χ2n) is 4.96. The van der Waals surface area contributed by atoms with Gasteiger partial charge in [0.05, 0.1) is 18.2 Å². The summed E-state index contributed by atoms with van der Waals surface area (Å²) < 4.78 is 11.7. The van der Waals surface area contributed by atoms with Crippen molar-refractivity contribution >= 4 is 0 Å². The van der Waals surface area contributed by atoms with E-state index in [0.717, 1.165) is 30.6 Å². The SMILES string of the molecule is CCCOc1ccccc1C(NN)C(CC)(CC)OC. The van der Waals surface area contributed by atoms with Gasteiger partial charge in [0.1, 0.15) is 5.75 Å². The largest absolute Gasteiger partial charge is 0.493 e. The van der Waals surface area contributed by atoms with Gasteiger partial charge in [0, 0.05) is 12.7 Å². The number of hydrogen-bond acceptors (Lipinski definition) is 4. The minimum absolute atomic E-state index is 0.101. The van der Waals surface area contributed by atoms with Crippen LogP contribution in [-0.2, 0) is 4.74 Å². The quantitative estimate of drug-likeness (QED) is 0.539. The lowest BCUT2D eigenvalue weighted by Crippen LogP contribution is -2.47. The second-order valence-corrected chi connectivity index (χ2v) is 4.96. The van der Waals surface area contributed by atoms with E-state index in [1.165, 1.54) is 0 Å². The third-order valence-corrected chi connectivity index (χ3v) is 3.99. The number of ether oxygens (including phenoxy) is 2. The van der Waals surface area contributed by atoms with Gasteiger partial charge in [-0.05, 0) is 25.3 Å². The molecule has 4 nitrogen and oxygen atoms in total. The average Bonchev–Trinajstić information content (AvgIpc) is 2.51. The van der Waals surface area contributed by atoms with Crippen molar-refractivity contribution in [3.05, 3.63) is 29.8 Å². The van der Waals surface area contributed by atoms with E-state index in [4.69, 9.17) is 15.3 Å². The molecule has 1 atom stereocenters. The zero-order valence-electron chi connectivity index (χ0n) is 13.1. The van der Waals surface area contributed by atoms with Gasteiger partial charge in [0.25, 0.3) is 0 Å². The number of para-hydroxylation sites is 1. The summed E-state index contributed by atoms with van der Waals surface area (Å²) in [5.41, 5.74) is 3.64. The molecule has 114 valence electrons. The van der Waals surface area contributed by atoms with E-state index in [1.54, 1.807) is 7.11 Å². The van der Waals surface area contributed by atoms with Crippen LogP contribution in [0.4, 0.5) is 0 Å². The van der Waals surface area contributed by atoms with Crippen molar-refractivity contribution in [2.45, 2.75) is 51.7 Å². The molecule has 0 fully saturated rings. The van der Waals surface area contributed by atoms with Gasteiger partial charge in [0.2, 0.25) is 0 Å². The average molecular weight is 280 g/mol. The van der Waals surface area contributed by atoms with E-state index < -0.39 is 0 Å². The number of nitrogens with one attached hydrogen (secondary N) is 1. The molecule has 0 heterocycles. The maximum absolute atomic E-state index is 5.85. The molecule has 0 saturated heterocycles. The first-order chi connectivity index (χ1) is 9.68. The van der Waals surface area contributed by atoms with E-state index in [-0.39, 0.29) is 11.6 Å². The number of hydrazine groups is 1. The van der Waals surface area contributed by atoms with Crippen LogP contribution in [0, 0.1) is 0 Å². The first-order valence-electron chi connectivity index (χ1n) is 7.42. The van der Waals surface area contributed by atoms with Crippen LogP contribution >= 0.6 is 0 Å². The lowest BCUT2D eigenvalue weighted by atomic mass is 9.84. The van der Waals surface area contributed by atoms with Crippen molar-refractivity contribution in [2.24, 2.45) is 5.84 Å². The van der Waals surface area contributed by atoms with Gasteiger partial charge in [-0.25, -0.2) is 5.43 Å². The first-order valence-corrected chi connectivity index (χ1v) is 7.42.